The van der Waals surface area contributed by atoms with Crippen molar-refractivity contribution in [2.45, 2.75) is 261 Å². The van der Waals surface area contributed by atoms with E-state index < -0.39 is 310 Å². The van der Waals surface area contributed by atoms with Crippen LogP contribution in [-0.2, 0) is 219 Å². The van der Waals surface area contributed by atoms with E-state index in [1.54, 1.807) is 111 Å². The highest BCUT2D eigenvalue weighted by atomic mass is 16.8. The van der Waals surface area contributed by atoms with Crippen LogP contribution < -0.4 is 0 Å². The summed E-state index contributed by atoms with van der Waals surface area (Å²) >= 11 is 0. The summed E-state index contributed by atoms with van der Waals surface area (Å²) in [5.74, 6) is -26.2. The molecule has 0 aromatic rings. The van der Waals surface area contributed by atoms with Crippen molar-refractivity contribution < 1.29 is 219 Å². The second-order valence-corrected chi connectivity index (χ2v) is 47.8. The molecule has 8 rings (SSSR count). The molecule has 8 aliphatic heterocycles. The van der Waals surface area contributed by atoms with E-state index in [2.05, 4.69) is 0 Å². The Kier molecular flexibility index (Phi) is 37.9. The summed E-state index contributed by atoms with van der Waals surface area (Å²) in [6.07, 6.45) is 0. The molecule has 0 unspecified atom stereocenters. The minimum absolute atomic E-state index is 0.225. The fourth-order valence-corrected chi connectivity index (χ4v) is 13.9. The molecule has 0 saturated carbocycles. The number of esters is 15. The van der Waals surface area contributed by atoms with E-state index in [1.165, 1.54) is 83.1 Å². The van der Waals surface area contributed by atoms with E-state index >= 15 is 28.8 Å². The molecule has 0 aliphatic carbocycles. The second kappa shape index (κ2) is 45.1. The molecular weight excluding hydrogens is 1940 g/mol. The quantitative estimate of drug-likeness (QED) is 0.0433. The van der Waals surface area contributed by atoms with Crippen LogP contribution in [0, 0.1) is 81.2 Å². The highest BCUT2D eigenvalue weighted by molar-refractivity contribution is 5.87. The number of ether oxygens (including phenoxy) is 31. The maximum Gasteiger partial charge on any atom is 0.318 e. The molecule has 832 valence electrons. The zero-order valence-electron chi connectivity index (χ0n) is 91.0. The van der Waals surface area contributed by atoms with Gasteiger partial charge in [0.1, 0.15) is 174 Å². The van der Waals surface area contributed by atoms with Gasteiger partial charge in [0, 0.05) is 0 Å². The van der Waals surface area contributed by atoms with E-state index in [-0.39, 0.29) is 106 Å². The number of methoxy groups -OCH3 is 1. The summed E-state index contributed by atoms with van der Waals surface area (Å²) in [4.78, 5) is 221. The van der Waals surface area contributed by atoms with Gasteiger partial charge < -0.3 is 147 Å². The van der Waals surface area contributed by atoms with Crippen LogP contribution in [0.5, 0.6) is 0 Å². The zero-order chi connectivity index (χ0) is 110. The van der Waals surface area contributed by atoms with Crippen LogP contribution in [0.15, 0.2) is 0 Å². The Labute approximate surface area is 852 Å². The van der Waals surface area contributed by atoms with Crippen LogP contribution in [0.3, 0.4) is 0 Å². The second-order valence-electron chi connectivity index (χ2n) is 47.8. The van der Waals surface area contributed by atoms with Crippen molar-refractivity contribution in [2.75, 3.05) is 205 Å². The predicted octanol–water partition coefficient (Wildman–Crippen LogP) is 7.12. The van der Waals surface area contributed by atoms with Crippen LogP contribution in [0.2, 0.25) is 0 Å². The van der Waals surface area contributed by atoms with Gasteiger partial charge >= 0.3 is 89.5 Å². The van der Waals surface area contributed by atoms with E-state index in [4.69, 9.17) is 147 Å². The fraction of sp³-hybridized carbons (Fsp3) is 0.850. The third-order valence-electron chi connectivity index (χ3n) is 26.7. The lowest BCUT2D eigenvalue weighted by Gasteiger charge is -2.41. The molecule has 46 nitrogen and oxygen atoms in total. The first kappa shape index (κ1) is 123. The Morgan fingerprint density at radius 2 is 0.240 bits per heavy atom. The summed E-state index contributed by atoms with van der Waals surface area (Å²) < 4.78 is 181. The Morgan fingerprint density at radius 1 is 0.158 bits per heavy atom. The van der Waals surface area contributed by atoms with Gasteiger partial charge in [-0.3, -0.25) is 71.9 Å². The van der Waals surface area contributed by atoms with E-state index in [0.29, 0.717) is 0 Å². The maximum atomic E-state index is 15.7. The molecule has 8 heterocycles. The van der Waals surface area contributed by atoms with E-state index in [1.807, 2.05) is 0 Å². The molecule has 8 saturated heterocycles. The van der Waals surface area contributed by atoms with E-state index in [0.717, 1.165) is 27.9 Å². The molecule has 0 bridgehead atoms. The Bertz CT molecular complexity index is 3920. The first-order valence-electron chi connectivity index (χ1n) is 48.3. The molecule has 0 aromatic heterocycles. The molecule has 8 aliphatic rings. The number of carbonyl (C=O) groups excluding carboxylic acids is 15. The van der Waals surface area contributed by atoms with Gasteiger partial charge in [0.15, 0.2) is 46.3 Å². The number of hydrogen-bond donors (Lipinski definition) is 0. The Morgan fingerprint density at radius 3 is 0.329 bits per heavy atom. The van der Waals surface area contributed by atoms with Crippen molar-refractivity contribution in [3.05, 3.63) is 0 Å². The van der Waals surface area contributed by atoms with Crippen LogP contribution in [-0.4, -0.2) is 341 Å². The van der Waals surface area contributed by atoms with Gasteiger partial charge in [0.2, 0.25) is 0 Å². The molecule has 46 heteroatoms. The highest BCUT2D eigenvalue weighted by Gasteiger charge is 2.58. The summed E-state index contributed by atoms with van der Waals surface area (Å²) in [6.45, 7) is 27.5. The topological polar surface area (TPSA) is 542 Å². The van der Waals surface area contributed by atoms with Crippen LogP contribution >= 0.6 is 0 Å². The van der Waals surface area contributed by atoms with Gasteiger partial charge in [-0.25, -0.2) is 0 Å². The first-order chi connectivity index (χ1) is 66.6. The minimum atomic E-state index is -2.56. The van der Waals surface area contributed by atoms with Crippen molar-refractivity contribution in [3.63, 3.8) is 0 Å². The van der Waals surface area contributed by atoms with Gasteiger partial charge in [0.05, 0.1) is 113 Å². The molecule has 0 spiro atoms. The number of carbonyl (C=O) groups is 15. The lowest BCUT2D eigenvalue weighted by Crippen LogP contribution is -2.52. The SMILES string of the molecule is COC(=O)C(C)(COC(=O)C(C)(COC(=O)C(C)(COC(=O)C1(C)COC(C)(C)OC1)COC(=O)C1(C)COC(C)(C)OC1)COC(=O)C(C)(COC(=O)C1(C)COC(C)(C)OC1)COC(=O)C1(C)COC(C)(C)OC1)COC(=O)C(C)(COC(=O)C(C)(COC(=O)C1(C)COC(C)(C)OC1)COC(=O)C1(C)COC(C)(C)OC1)COC(=O)C(C)(COC(=O)C1(C)COC(C)(C)OC1)COC(=O)C1(C)COC(C)(C)OC1. The summed E-state index contributed by atoms with van der Waals surface area (Å²) in [5.41, 5.74) is -28.4. The van der Waals surface area contributed by atoms with Gasteiger partial charge in [-0.15, -0.1) is 0 Å². The molecule has 0 amide bonds. The smallest absolute Gasteiger partial charge is 0.318 e. The minimum Gasteiger partial charge on any atom is -0.468 e. The average Bonchev–Trinajstić information content (AvgIpc) is 0.787. The number of hydrogen-bond acceptors (Lipinski definition) is 46. The van der Waals surface area contributed by atoms with Crippen LogP contribution in [0.1, 0.15) is 215 Å². The Balaban J connectivity index is 1.17. The third-order valence-corrected chi connectivity index (χ3v) is 26.7. The fourth-order valence-electron chi connectivity index (χ4n) is 13.9. The molecule has 0 radical (unpaired) electrons. The summed E-state index contributed by atoms with van der Waals surface area (Å²) in [5, 5.41) is 0. The van der Waals surface area contributed by atoms with Gasteiger partial charge in [-0.2, -0.15) is 0 Å². The maximum absolute atomic E-state index is 15.7. The molecular formula is C100H156O46. The van der Waals surface area contributed by atoms with Crippen LogP contribution in [0.4, 0.5) is 0 Å². The van der Waals surface area contributed by atoms with Gasteiger partial charge in [-0.1, -0.05) is 0 Å². The van der Waals surface area contributed by atoms with Gasteiger partial charge in [-0.05, 0) is 215 Å². The normalized spacial score (nSPS) is 22.8. The monoisotopic (exact) mass is 2090 g/mol. The summed E-state index contributed by atoms with van der Waals surface area (Å²) in [6, 6.07) is 0. The summed E-state index contributed by atoms with van der Waals surface area (Å²) in [7, 11) is 0.903. The third kappa shape index (κ3) is 31.3. The van der Waals surface area contributed by atoms with Crippen molar-refractivity contribution in [2.24, 2.45) is 81.2 Å². The van der Waals surface area contributed by atoms with Crippen molar-refractivity contribution >= 4 is 89.5 Å². The highest BCUT2D eigenvalue weighted by Crippen LogP contribution is 2.44. The zero-order valence-corrected chi connectivity index (χ0v) is 91.0. The molecule has 0 N–H and O–H groups in total. The largest absolute Gasteiger partial charge is 0.468 e. The lowest BCUT2D eigenvalue weighted by atomic mass is 9.88. The first-order valence-corrected chi connectivity index (χ1v) is 48.3. The molecule has 8 fully saturated rings. The van der Waals surface area contributed by atoms with Crippen LogP contribution in [0.25, 0.3) is 0 Å². The standard InChI is InChI=1S/C100H156O46/c1-78(2)131-47-93(24,48-132-78)70(108)123-39-89(20,40-124-71(109)94(25)49-133-79(3,4)134-50-94)66(104)119-35-87(18,36-120-67(105)90(21,41-125-72(110)95(26)51-135-80(5,6)136-52-95)42-126-73(111)96(27)53-137-81(7,8)138-54-96)64(102)117-33-86(17,63(101)116-32)34-118-65(103)88(19,37-121-68(106)91(22,43-127-74(112)97(28)55-139-82(9,10)140-56-97)44-128-75(113)98(29)57-141-83(11,12)142-58-98)38-122-69(107)92(23,45-129-76(114)99(30)59-143-84(13,14)144-60-99)46-130-77(115)100(31)61-145-85(15,16)146-62-100/h33-62H2,1-32H3. The predicted molar refractivity (Wildman–Crippen MR) is 495 cm³/mol. The van der Waals surface area contributed by atoms with Crippen molar-refractivity contribution in [3.8, 4) is 0 Å². The van der Waals surface area contributed by atoms with E-state index in [9.17, 15) is 43.2 Å². The number of rotatable bonds is 43. The molecule has 0 aromatic carbocycles. The Hall–Kier alpha value is -8.59. The van der Waals surface area contributed by atoms with Crippen molar-refractivity contribution in [1.29, 1.82) is 0 Å². The molecule has 0 atom stereocenters. The lowest BCUT2D eigenvalue weighted by molar-refractivity contribution is -0.283. The molecule has 146 heavy (non-hydrogen) atoms. The van der Waals surface area contributed by atoms with Gasteiger partial charge in [0.25, 0.3) is 0 Å². The average molecular weight is 2090 g/mol. The van der Waals surface area contributed by atoms with Crippen molar-refractivity contribution in [1.82, 2.24) is 0 Å².